The summed E-state index contributed by atoms with van der Waals surface area (Å²) >= 11 is 0. The zero-order chi connectivity index (χ0) is 34.8. The van der Waals surface area contributed by atoms with E-state index in [1.807, 2.05) is 0 Å². The van der Waals surface area contributed by atoms with Crippen LogP contribution in [0.2, 0.25) is 0 Å². The number of rotatable bonds is 5. The van der Waals surface area contributed by atoms with E-state index in [1.165, 1.54) is 89.3 Å². The molecule has 0 radical (unpaired) electrons. The van der Waals surface area contributed by atoms with Gasteiger partial charge in [0.1, 0.15) is 0 Å². The Labute approximate surface area is 306 Å². The first-order valence-corrected chi connectivity index (χ1v) is 18.2. The van der Waals surface area contributed by atoms with Gasteiger partial charge in [0.2, 0.25) is 0 Å². The molecule has 0 saturated heterocycles. The van der Waals surface area contributed by atoms with Gasteiger partial charge in [-0.1, -0.05) is 152 Å². The Morgan fingerprint density at radius 1 is 0.327 bits per heavy atom. The molecule has 0 fully saturated rings. The molecule has 1 heteroatoms. The first-order chi connectivity index (χ1) is 25.6. The SMILES string of the molecule is Cc1cc(-c2ccccc2)ccc1N(c1ccc2c(c1)C1(c3ccccc3-c3ccccc31)c1ccccc1-2)c1ccc(-c2ccccc2)cc1C. The van der Waals surface area contributed by atoms with Gasteiger partial charge in [-0.15, -0.1) is 0 Å². The molecule has 246 valence electrons. The second-order valence-corrected chi connectivity index (χ2v) is 14.2. The number of anilines is 3. The largest absolute Gasteiger partial charge is 0.310 e. The lowest BCUT2D eigenvalue weighted by Gasteiger charge is -2.33. The van der Waals surface area contributed by atoms with E-state index < -0.39 is 5.41 Å². The highest BCUT2D eigenvalue weighted by atomic mass is 15.1. The monoisotopic (exact) mass is 663 g/mol. The summed E-state index contributed by atoms with van der Waals surface area (Å²) in [5, 5.41) is 0. The summed E-state index contributed by atoms with van der Waals surface area (Å²) < 4.78 is 0. The Balaban J connectivity index is 1.22. The van der Waals surface area contributed by atoms with Crippen LogP contribution in [-0.2, 0) is 5.41 Å². The van der Waals surface area contributed by atoms with Gasteiger partial charge in [0.25, 0.3) is 0 Å². The van der Waals surface area contributed by atoms with Crippen molar-refractivity contribution in [1.29, 1.82) is 0 Å². The molecule has 0 amide bonds. The third kappa shape index (κ3) is 4.42. The van der Waals surface area contributed by atoms with Gasteiger partial charge in [0.15, 0.2) is 0 Å². The molecule has 1 spiro atoms. The Morgan fingerprint density at radius 2 is 0.731 bits per heavy atom. The second kappa shape index (κ2) is 11.8. The van der Waals surface area contributed by atoms with E-state index in [2.05, 4.69) is 207 Å². The topological polar surface area (TPSA) is 3.24 Å². The molecule has 8 aromatic carbocycles. The van der Waals surface area contributed by atoms with Gasteiger partial charge in [0, 0.05) is 17.1 Å². The fourth-order valence-electron chi connectivity index (χ4n) is 9.06. The Kier molecular flexibility index (Phi) is 6.91. The molecule has 52 heavy (non-hydrogen) atoms. The molecule has 10 rings (SSSR count). The Bertz CT molecular complexity index is 2500. The van der Waals surface area contributed by atoms with Crippen molar-refractivity contribution in [3.63, 3.8) is 0 Å². The predicted molar refractivity (Wildman–Crippen MR) is 218 cm³/mol. The molecule has 0 saturated carbocycles. The summed E-state index contributed by atoms with van der Waals surface area (Å²) in [4.78, 5) is 2.48. The van der Waals surface area contributed by atoms with Crippen LogP contribution in [0.4, 0.5) is 17.1 Å². The van der Waals surface area contributed by atoms with Crippen LogP contribution in [0, 0.1) is 13.8 Å². The predicted octanol–water partition coefficient (Wildman–Crippen LogP) is 13.5. The molecule has 2 aliphatic rings. The maximum absolute atomic E-state index is 2.49. The van der Waals surface area contributed by atoms with E-state index in [4.69, 9.17) is 0 Å². The van der Waals surface area contributed by atoms with Gasteiger partial charge in [-0.2, -0.15) is 0 Å². The summed E-state index contributed by atoms with van der Waals surface area (Å²) in [6, 6.07) is 69.5. The molecular formula is C51H37N. The lowest BCUT2D eigenvalue weighted by Crippen LogP contribution is -2.26. The van der Waals surface area contributed by atoms with Crippen LogP contribution < -0.4 is 4.90 Å². The lowest BCUT2D eigenvalue weighted by molar-refractivity contribution is 0.793. The van der Waals surface area contributed by atoms with E-state index >= 15 is 0 Å². The smallest absolute Gasteiger partial charge is 0.0726 e. The highest BCUT2D eigenvalue weighted by molar-refractivity contribution is 5.96. The van der Waals surface area contributed by atoms with Crippen molar-refractivity contribution in [2.24, 2.45) is 0 Å². The average molecular weight is 664 g/mol. The van der Waals surface area contributed by atoms with Crippen LogP contribution in [0.25, 0.3) is 44.5 Å². The Morgan fingerprint density at radius 3 is 1.17 bits per heavy atom. The molecule has 0 bridgehead atoms. The number of hydrogen-bond donors (Lipinski definition) is 0. The summed E-state index contributed by atoms with van der Waals surface area (Å²) in [5.74, 6) is 0. The lowest BCUT2D eigenvalue weighted by atomic mass is 9.70. The number of aryl methyl sites for hydroxylation is 2. The molecule has 0 aliphatic heterocycles. The molecule has 0 atom stereocenters. The first-order valence-electron chi connectivity index (χ1n) is 18.2. The second-order valence-electron chi connectivity index (χ2n) is 14.2. The van der Waals surface area contributed by atoms with E-state index in [-0.39, 0.29) is 0 Å². The van der Waals surface area contributed by atoms with Crippen LogP contribution in [0.15, 0.2) is 188 Å². The molecule has 8 aromatic rings. The van der Waals surface area contributed by atoms with Gasteiger partial charge >= 0.3 is 0 Å². The van der Waals surface area contributed by atoms with Crippen LogP contribution in [0.1, 0.15) is 33.4 Å². The minimum absolute atomic E-state index is 0.404. The van der Waals surface area contributed by atoms with E-state index in [0.717, 1.165) is 5.69 Å². The minimum Gasteiger partial charge on any atom is -0.310 e. The number of hydrogen-bond acceptors (Lipinski definition) is 1. The molecule has 0 unspecified atom stereocenters. The summed E-state index contributed by atoms with van der Waals surface area (Å²) in [6.07, 6.45) is 0. The van der Waals surface area contributed by atoms with Crippen molar-refractivity contribution < 1.29 is 0 Å². The van der Waals surface area contributed by atoms with Gasteiger partial charge in [-0.05, 0) is 128 Å². The maximum atomic E-state index is 2.49. The van der Waals surface area contributed by atoms with Crippen molar-refractivity contribution in [3.8, 4) is 44.5 Å². The average Bonchev–Trinajstić information content (AvgIpc) is 3.67. The highest BCUT2D eigenvalue weighted by Crippen LogP contribution is 2.63. The summed E-state index contributed by atoms with van der Waals surface area (Å²) in [5.41, 5.74) is 21.1. The van der Waals surface area contributed by atoms with Crippen LogP contribution in [-0.4, -0.2) is 0 Å². The van der Waals surface area contributed by atoms with E-state index in [0.29, 0.717) is 0 Å². The van der Waals surface area contributed by atoms with Crippen LogP contribution in [0.5, 0.6) is 0 Å². The van der Waals surface area contributed by atoms with Gasteiger partial charge in [0.05, 0.1) is 5.41 Å². The van der Waals surface area contributed by atoms with Crippen molar-refractivity contribution in [3.05, 3.63) is 221 Å². The van der Waals surface area contributed by atoms with E-state index in [9.17, 15) is 0 Å². The molecule has 0 aromatic heterocycles. The molecular weight excluding hydrogens is 627 g/mol. The first kappa shape index (κ1) is 30.4. The van der Waals surface area contributed by atoms with E-state index in [1.54, 1.807) is 0 Å². The quantitative estimate of drug-likeness (QED) is 0.177. The number of benzene rings is 8. The zero-order valence-electron chi connectivity index (χ0n) is 29.3. The number of fused-ring (bicyclic) bond motifs is 10. The Hall–Kier alpha value is -6.44. The zero-order valence-corrected chi connectivity index (χ0v) is 29.3. The third-order valence-electron chi connectivity index (χ3n) is 11.3. The minimum atomic E-state index is -0.404. The van der Waals surface area contributed by atoms with Crippen LogP contribution >= 0.6 is 0 Å². The van der Waals surface area contributed by atoms with Gasteiger partial charge in [-0.25, -0.2) is 0 Å². The summed E-state index contributed by atoms with van der Waals surface area (Å²) in [6.45, 7) is 4.49. The summed E-state index contributed by atoms with van der Waals surface area (Å²) in [7, 11) is 0. The third-order valence-corrected chi connectivity index (χ3v) is 11.3. The molecule has 0 heterocycles. The molecule has 1 nitrogen and oxygen atoms in total. The number of nitrogens with zero attached hydrogens (tertiary/aromatic N) is 1. The molecule has 0 N–H and O–H groups in total. The fourth-order valence-corrected chi connectivity index (χ4v) is 9.06. The maximum Gasteiger partial charge on any atom is 0.0726 e. The fraction of sp³-hybridized carbons (Fsp3) is 0.0588. The van der Waals surface area contributed by atoms with Crippen LogP contribution in [0.3, 0.4) is 0 Å². The van der Waals surface area contributed by atoms with Crippen molar-refractivity contribution in [1.82, 2.24) is 0 Å². The van der Waals surface area contributed by atoms with Crippen molar-refractivity contribution in [2.75, 3.05) is 4.90 Å². The van der Waals surface area contributed by atoms with Crippen molar-refractivity contribution in [2.45, 2.75) is 19.3 Å². The van der Waals surface area contributed by atoms with Gasteiger partial charge < -0.3 is 4.90 Å². The van der Waals surface area contributed by atoms with Crippen molar-refractivity contribution >= 4 is 17.1 Å². The standard InChI is InChI=1S/C51H37N/c1-34-31-38(36-15-5-3-6-16-36)25-29-49(34)52(50-30-26-39(32-35(50)2)37-17-7-4-8-18-37)40-27-28-44-43-21-11-14-24-47(43)51(48(44)33-40)45-22-12-9-19-41(45)42-20-10-13-23-46(42)51/h3-33H,1-2H3. The molecule has 2 aliphatic carbocycles. The normalized spacial score (nSPS) is 13.0. The van der Waals surface area contributed by atoms with Gasteiger partial charge in [-0.3, -0.25) is 0 Å². The highest BCUT2D eigenvalue weighted by Gasteiger charge is 2.51.